The number of aromatic nitrogens is 3. The van der Waals surface area contributed by atoms with Gasteiger partial charge in [-0.2, -0.15) is 4.98 Å². The van der Waals surface area contributed by atoms with Gasteiger partial charge in [-0.25, -0.2) is 18.7 Å². The van der Waals surface area contributed by atoms with Crippen LogP contribution in [0.1, 0.15) is 11.1 Å². The van der Waals surface area contributed by atoms with Gasteiger partial charge in [-0.05, 0) is 49.2 Å². The number of nitrogens with zero attached hydrogens (tertiary/aromatic N) is 3. The summed E-state index contributed by atoms with van der Waals surface area (Å²) in [7, 11) is 0. The van der Waals surface area contributed by atoms with E-state index in [1.807, 2.05) is 80.6 Å². The Bertz CT molecular complexity index is 1270. The fourth-order valence-electron chi connectivity index (χ4n) is 3.23. The molecule has 0 spiro atoms. The van der Waals surface area contributed by atoms with E-state index in [0.29, 0.717) is 22.8 Å². The van der Waals surface area contributed by atoms with Crippen molar-refractivity contribution in [1.82, 2.24) is 14.1 Å². The van der Waals surface area contributed by atoms with E-state index in [4.69, 9.17) is 0 Å². The van der Waals surface area contributed by atoms with Gasteiger partial charge in [0.15, 0.2) is 5.82 Å². The molecule has 0 atom stereocenters. The zero-order valence-corrected chi connectivity index (χ0v) is 15.7. The molecule has 1 heterocycles. The summed E-state index contributed by atoms with van der Waals surface area (Å²) in [4.78, 5) is 30.6. The number of hydrogen-bond acceptors (Lipinski definition) is 3. The van der Waals surface area contributed by atoms with E-state index < -0.39 is 11.4 Å². The molecule has 0 bridgehead atoms. The molecule has 0 aliphatic rings. The topological polar surface area (TPSA) is 56.9 Å². The normalized spacial score (nSPS) is 10.8. The van der Waals surface area contributed by atoms with Crippen molar-refractivity contribution >= 4 is 0 Å². The van der Waals surface area contributed by atoms with Crippen LogP contribution in [0.25, 0.3) is 22.8 Å². The van der Waals surface area contributed by atoms with Crippen molar-refractivity contribution in [2.75, 3.05) is 0 Å². The molecule has 0 radical (unpaired) electrons. The molecule has 0 fully saturated rings. The first-order valence-electron chi connectivity index (χ1n) is 9.00. The quantitative estimate of drug-likeness (QED) is 0.554. The van der Waals surface area contributed by atoms with Crippen molar-refractivity contribution in [3.8, 4) is 22.8 Å². The molecule has 4 aromatic rings. The second kappa shape index (κ2) is 7.12. The maximum atomic E-state index is 13.5. The summed E-state index contributed by atoms with van der Waals surface area (Å²) in [6.07, 6.45) is 0. The fourth-order valence-corrected chi connectivity index (χ4v) is 3.23. The van der Waals surface area contributed by atoms with Gasteiger partial charge in [0.05, 0.1) is 11.4 Å². The summed E-state index contributed by atoms with van der Waals surface area (Å²) in [5.41, 5.74) is 2.79. The Morgan fingerprint density at radius 1 is 0.679 bits per heavy atom. The molecule has 0 unspecified atom stereocenters. The molecule has 0 aliphatic heterocycles. The minimum Gasteiger partial charge on any atom is -0.247 e. The van der Waals surface area contributed by atoms with Crippen LogP contribution in [0.2, 0.25) is 0 Å². The molecule has 5 heteroatoms. The molecule has 0 amide bonds. The van der Waals surface area contributed by atoms with Crippen LogP contribution in [0.5, 0.6) is 0 Å². The molecule has 4 rings (SSSR count). The summed E-state index contributed by atoms with van der Waals surface area (Å²) in [6, 6.07) is 24.1. The Kier molecular flexibility index (Phi) is 4.49. The summed E-state index contributed by atoms with van der Waals surface area (Å²) < 4.78 is 2.60. The summed E-state index contributed by atoms with van der Waals surface area (Å²) in [5.74, 6) is 0.324. The van der Waals surface area contributed by atoms with Crippen LogP contribution in [0.15, 0.2) is 88.5 Å². The SMILES string of the molecule is Cc1cccc(-n2c(-c3ccccc3)nc(=O)n(-c3cccc(C)c3)c2=O)c1. The van der Waals surface area contributed by atoms with Gasteiger partial charge in [0.1, 0.15) is 0 Å². The van der Waals surface area contributed by atoms with Gasteiger partial charge in [0.25, 0.3) is 0 Å². The minimum absolute atomic E-state index is 0.324. The fraction of sp³-hybridized carbons (Fsp3) is 0.0870. The third-order valence-corrected chi connectivity index (χ3v) is 4.54. The van der Waals surface area contributed by atoms with Crippen LogP contribution < -0.4 is 11.4 Å². The Labute approximate surface area is 162 Å². The summed E-state index contributed by atoms with van der Waals surface area (Å²) in [6.45, 7) is 3.88. The highest BCUT2D eigenvalue weighted by Crippen LogP contribution is 2.19. The van der Waals surface area contributed by atoms with Crippen molar-refractivity contribution in [2.45, 2.75) is 13.8 Å². The van der Waals surface area contributed by atoms with Crippen LogP contribution in [-0.2, 0) is 0 Å². The third-order valence-electron chi connectivity index (χ3n) is 4.54. The van der Waals surface area contributed by atoms with Gasteiger partial charge >= 0.3 is 11.4 Å². The van der Waals surface area contributed by atoms with Crippen molar-refractivity contribution in [3.05, 3.63) is 111 Å². The Hall–Kier alpha value is -3.73. The number of aryl methyl sites for hydroxylation is 2. The molecule has 0 saturated carbocycles. The maximum Gasteiger partial charge on any atom is 0.358 e. The van der Waals surface area contributed by atoms with Crippen molar-refractivity contribution in [1.29, 1.82) is 0 Å². The third kappa shape index (κ3) is 3.18. The second-order valence-corrected chi connectivity index (χ2v) is 6.72. The van der Waals surface area contributed by atoms with E-state index in [-0.39, 0.29) is 0 Å². The predicted molar refractivity (Wildman–Crippen MR) is 110 cm³/mol. The predicted octanol–water partition coefficient (Wildman–Crippen LogP) is 3.67. The lowest BCUT2D eigenvalue weighted by atomic mass is 10.2. The van der Waals surface area contributed by atoms with Crippen LogP contribution in [-0.4, -0.2) is 14.1 Å². The molecule has 5 nitrogen and oxygen atoms in total. The number of rotatable bonds is 3. The van der Waals surface area contributed by atoms with Crippen LogP contribution in [0, 0.1) is 13.8 Å². The summed E-state index contributed by atoms with van der Waals surface area (Å²) in [5, 5.41) is 0. The van der Waals surface area contributed by atoms with Gasteiger partial charge in [-0.15, -0.1) is 0 Å². The first kappa shape index (κ1) is 17.7. The number of benzene rings is 3. The van der Waals surface area contributed by atoms with Crippen molar-refractivity contribution < 1.29 is 0 Å². The molecule has 138 valence electrons. The maximum absolute atomic E-state index is 13.5. The number of hydrogen-bond donors (Lipinski definition) is 0. The monoisotopic (exact) mass is 369 g/mol. The lowest BCUT2D eigenvalue weighted by Gasteiger charge is -2.15. The summed E-state index contributed by atoms with van der Waals surface area (Å²) >= 11 is 0. The van der Waals surface area contributed by atoms with Gasteiger partial charge in [-0.3, -0.25) is 0 Å². The second-order valence-electron chi connectivity index (χ2n) is 6.72. The molecule has 28 heavy (non-hydrogen) atoms. The Morgan fingerprint density at radius 3 is 1.82 bits per heavy atom. The van der Waals surface area contributed by atoms with Gasteiger partial charge in [0, 0.05) is 5.56 Å². The van der Waals surface area contributed by atoms with E-state index in [1.165, 1.54) is 4.57 Å². The van der Waals surface area contributed by atoms with Crippen LogP contribution >= 0.6 is 0 Å². The standard InChI is InChI=1S/C23H19N3O2/c1-16-8-6-12-19(14-16)25-21(18-10-4-3-5-11-18)24-22(27)26(23(25)28)20-13-7-9-17(2)15-20/h3-15H,1-2H3. The van der Waals surface area contributed by atoms with E-state index >= 15 is 0 Å². The molecule has 0 N–H and O–H groups in total. The highest BCUT2D eigenvalue weighted by Gasteiger charge is 2.17. The average Bonchev–Trinajstić information content (AvgIpc) is 2.68. The molecular formula is C23H19N3O2. The smallest absolute Gasteiger partial charge is 0.247 e. The first-order valence-corrected chi connectivity index (χ1v) is 9.00. The zero-order chi connectivity index (χ0) is 19.7. The molecule has 3 aromatic carbocycles. The van der Waals surface area contributed by atoms with Gasteiger partial charge < -0.3 is 0 Å². The van der Waals surface area contributed by atoms with E-state index in [1.54, 1.807) is 12.1 Å². The van der Waals surface area contributed by atoms with E-state index in [0.717, 1.165) is 15.7 Å². The van der Waals surface area contributed by atoms with Crippen LogP contribution in [0.3, 0.4) is 0 Å². The Balaban J connectivity index is 2.10. The highest BCUT2D eigenvalue weighted by molar-refractivity contribution is 5.58. The van der Waals surface area contributed by atoms with Gasteiger partial charge in [-0.1, -0.05) is 54.6 Å². The van der Waals surface area contributed by atoms with Crippen LogP contribution in [0.4, 0.5) is 0 Å². The van der Waals surface area contributed by atoms with Gasteiger partial charge in [0.2, 0.25) is 0 Å². The average molecular weight is 369 g/mol. The zero-order valence-electron chi connectivity index (χ0n) is 15.7. The minimum atomic E-state index is -0.599. The largest absolute Gasteiger partial charge is 0.358 e. The molecular weight excluding hydrogens is 350 g/mol. The van der Waals surface area contributed by atoms with Crippen molar-refractivity contribution in [2.24, 2.45) is 0 Å². The first-order chi connectivity index (χ1) is 13.5. The van der Waals surface area contributed by atoms with E-state index in [2.05, 4.69) is 4.98 Å². The molecule has 0 saturated heterocycles. The Morgan fingerprint density at radius 2 is 1.25 bits per heavy atom. The lowest BCUT2D eigenvalue weighted by Crippen LogP contribution is -2.40. The molecule has 1 aromatic heterocycles. The molecule has 0 aliphatic carbocycles. The van der Waals surface area contributed by atoms with Crippen molar-refractivity contribution in [3.63, 3.8) is 0 Å². The van der Waals surface area contributed by atoms with E-state index in [9.17, 15) is 9.59 Å². The highest BCUT2D eigenvalue weighted by atomic mass is 16.2. The lowest BCUT2D eigenvalue weighted by molar-refractivity contribution is 0.754.